The Morgan fingerprint density at radius 1 is 1.24 bits per heavy atom. The molecule has 0 aromatic heterocycles. The van der Waals surface area contributed by atoms with Crippen molar-refractivity contribution in [2.75, 3.05) is 25.6 Å². The van der Waals surface area contributed by atoms with Crippen molar-refractivity contribution in [3.8, 4) is 11.8 Å². The van der Waals surface area contributed by atoms with Gasteiger partial charge >= 0.3 is 0 Å². The zero-order valence-corrected chi connectivity index (χ0v) is 12.6. The molecule has 114 valence electrons. The van der Waals surface area contributed by atoms with Crippen molar-refractivity contribution in [2.24, 2.45) is 0 Å². The van der Waals surface area contributed by atoms with E-state index in [-0.39, 0.29) is 11.0 Å². The van der Waals surface area contributed by atoms with Gasteiger partial charge in [0.1, 0.15) is 5.75 Å². The summed E-state index contributed by atoms with van der Waals surface area (Å²) < 4.78 is 34.9. The number of ether oxygens (including phenoxy) is 2. The van der Waals surface area contributed by atoms with Crippen LogP contribution in [0.2, 0.25) is 0 Å². The smallest absolute Gasteiger partial charge is 0.153 e. The summed E-state index contributed by atoms with van der Waals surface area (Å²) in [7, 11) is -3.05. The molecule has 6 heteroatoms. The minimum absolute atomic E-state index is 0.147. The molecule has 0 amide bonds. The Bertz CT molecular complexity index is 583. The summed E-state index contributed by atoms with van der Waals surface area (Å²) in [6, 6.07) is 8.81. The van der Waals surface area contributed by atoms with Gasteiger partial charge in [-0.25, -0.2) is 8.42 Å². The van der Waals surface area contributed by atoms with Gasteiger partial charge < -0.3 is 9.47 Å². The largest absolute Gasteiger partial charge is 0.494 e. The number of nitriles is 1. The fourth-order valence-electron chi connectivity index (χ4n) is 2.28. The van der Waals surface area contributed by atoms with Crippen LogP contribution in [-0.4, -0.2) is 39.2 Å². The highest BCUT2D eigenvalue weighted by molar-refractivity contribution is 7.92. The van der Waals surface area contributed by atoms with E-state index in [0.717, 1.165) is 0 Å². The molecule has 1 saturated heterocycles. The second-order valence-electron chi connectivity index (χ2n) is 5.02. The molecule has 1 aromatic rings. The average molecular weight is 309 g/mol. The van der Waals surface area contributed by atoms with Gasteiger partial charge in [0, 0.05) is 13.2 Å². The zero-order valence-electron chi connectivity index (χ0n) is 11.8. The number of nitrogens with zero attached hydrogens (tertiary/aromatic N) is 1. The molecule has 0 N–H and O–H groups in total. The first-order valence-electron chi connectivity index (χ1n) is 7.04. The van der Waals surface area contributed by atoms with Crippen LogP contribution >= 0.6 is 0 Å². The Labute approximate surface area is 125 Å². The molecule has 0 radical (unpaired) electrons. The van der Waals surface area contributed by atoms with Crippen LogP contribution in [0.25, 0.3) is 0 Å². The maximum absolute atomic E-state index is 12.1. The second kappa shape index (κ2) is 7.43. The molecule has 0 spiro atoms. The van der Waals surface area contributed by atoms with Gasteiger partial charge in [-0.1, -0.05) is 0 Å². The lowest BCUT2D eigenvalue weighted by atomic mass is 10.2. The Morgan fingerprint density at radius 2 is 1.90 bits per heavy atom. The highest BCUT2D eigenvalue weighted by Crippen LogP contribution is 2.17. The zero-order chi connectivity index (χ0) is 15.1. The molecule has 1 fully saturated rings. The Kier molecular flexibility index (Phi) is 5.59. The lowest BCUT2D eigenvalue weighted by Gasteiger charge is -2.22. The summed E-state index contributed by atoms with van der Waals surface area (Å²) in [5, 5.41) is 8.43. The predicted octanol–water partition coefficient (Wildman–Crippen LogP) is 1.92. The number of rotatable bonds is 6. The summed E-state index contributed by atoms with van der Waals surface area (Å²) in [6.07, 6.45) is 1.66. The van der Waals surface area contributed by atoms with Gasteiger partial charge in [0.05, 0.1) is 29.2 Å². The van der Waals surface area contributed by atoms with Crippen LogP contribution < -0.4 is 4.74 Å². The summed E-state index contributed by atoms with van der Waals surface area (Å²) in [5.41, 5.74) is 0.574. The van der Waals surface area contributed by atoms with E-state index < -0.39 is 9.84 Å². The van der Waals surface area contributed by atoms with Crippen LogP contribution in [0.5, 0.6) is 5.75 Å². The fourth-order valence-corrected chi connectivity index (χ4v) is 4.04. The molecule has 2 rings (SSSR count). The normalized spacial score (nSPS) is 16.3. The monoisotopic (exact) mass is 309 g/mol. The first-order chi connectivity index (χ1) is 10.1. The molecular formula is C15H19NO4S. The van der Waals surface area contributed by atoms with Gasteiger partial charge in [0.2, 0.25) is 0 Å². The topological polar surface area (TPSA) is 76.4 Å². The van der Waals surface area contributed by atoms with E-state index in [9.17, 15) is 8.42 Å². The number of benzene rings is 1. The van der Waals surface area contributed by atoms with Crippen LogP contribution in [0.1, 0.15) is 24.8 Å². The van der Waals surface area contributed by atoms with Crippen LogP contribution in [0.15, 0.2) is 24.3 Å². The minimum Gasteiger partial charge on any atom is -0.494 e. The lowest BCUT2D eigenvalue weighted by Crippen LogP contribution is -2.31. The Hall–Kier alpha value is -1.58. The molecule has 0 atom stereocenters. The number of hydrogen-bond donors (Lipinski definition) is 0. The summed E-state index contributed by atoms with van der Waals surface area (Å²) in [5.74, 6) is 0.797. The third-order valence-electron chi connectivity index (χ3n) is 3.50. The summed E-state index contributed by atoms with van der Waals surface area (Å²) >= 11 is 0. The third-order valence-corrected chi connectivity index (χ3v) is 5.85. The standard InChI is InChI=1S/C15H19NO4S/c16-12-13-2-4-14(5-3-13)20-8-1-11-21(17,18)15-6-9-19-10-7-15/h2-5,15H,1,6-11H2. The molecule has 1 heterocycles. The highest BCUT2D eigenvalue weighted by atomic mass is 32.2. The summed E-state index contributed by atoms with van der Waals surface area (Å²) in [6.45, 7) is 1.42. The molecule has 1 aliphatic rings. The van der Waals surface area contributed by atoms with Gasteiger partial charge in [-0.15, -0.1) is 0 Å². The lowest BCUT2D eigenvalue weighted by molar-refractivity contribution is 0.0983. The van der Waals surface area contributed by atoms with Crippen molar-refractivity contribution < 1.29 is 17.9 Å². The van der Waals surface area contributed by atoms with Crippen LogP contribution in [0.3, 0.4) is 0 Å². The average Bonchev–Trinajstić information content (AvgIpc) is 2.53. The van der Waals surface area contributed by atoms with E-state index in [1.807, 2.05) is 6.07 Å². The van der Waals surface area contributed by atoms with E-state index >= 15 is 0 Å². The first kappa shape index (κ1) is 15.8. The van der Waals surface area contributed by atoms with Gasteiger partial charge in [0.15, 0.2) is 9.84 Å². The van der Waals surface area contributed by atoms with Crippen molar-refractivity contribution in [3.63, 3.8) is 0 Å². The van der Waals surface area contributed by atoms with Gasteiger partial charge in [-0.3, -0.25) is 0 Å². The number of sulfone groups is 1. The maximum atomic E-state index is 12.1. The predicted molar refractivity (Wildman–Crippen MR) is 78.9 cm³/mol. The minimum atomic E-state index is -3.05. The maximum Gasteiger partial charge on any atom is 0.153 e. The highest BCUT2D eigenvalue weighted by Gasteiger charge is 2.27. The third kappa shape index (κ3) is 4.73. The summed E-state index contributed by atoms with van der Waals surface area (Å²) in [4.78, 5) is 0. The van der Waals surface area contributed by atoms with Crippen molar-refractivity contribution in [2.45, 2.75) is 24.5 Å². The molecule has 21 heavy (non-hydrogen) atoms. The van der Waals surface area contributed by atoms with E-state index in [0.29, 0.717) is 50.4 Å². The first-order valence-corrected chi connectivity index (χ1v) is 8.75. The molecule has 1 aliphatic heterocycles. The van der Waals surface area contributed by atoms with Crippen molar-refractivity contribution in [1.29, 1.82) is 5.26 Å². The van der Waals surface area contributed by atoms with E-state index in [1.54, 1.807) is 24.3 Å². The fraction of sp³-hybridized carbons (Fsp3) is 0.533. The van der Waals surface area contributed by atoms with Crippen LogP contribution in [0.4, 0.5) is 0 Å². The van der Waals surface area contributed by atoms with Crippen LogP contribution in [0, 0.1) is 11.3 Å². The molecule has 0 saturated carbocycles. The Balaban J connectivity index is 1.74. The SMILES string of the molecule is N#Cc1ccc(OCCCS(=O)(=O)C2CCOCC2)cc1. The quantitative estimate of drug-likeness (QED) is 0.750. The van der Waals surface area contributed by atoms with Crippen LogP contribution in [-0.2, 0) is 14.6 Å². The molecule has 0 unspecified atom stereocenters. The van der Waals surface area contributed by atoms with Gasteiger partial charge in [0.25, 0.3) is 0 Å². The Morgan fingerprint density at radius 3 is 2.52 bits per heavy atom. The molecule has 5 nitrogen and oxygen atoms in total. The van der Waals surface area contributed by atoms with Crippen molar-refractivity contribution in [1.82, 2.24) is 0 Å². The number of hydrogen-bond acceptors (Lipinski definition) is 5. The molecule has 0 aliphatic carbocycles. The van der Waals surface area contributed by atoms with E-state index in [2.05, 4.69) is 0 Å². The molecule has 1 aromatic carbocycles. The molecule has 0 bridgehead atoms. The second-order valence-corrected chi connectivity index (χ2v) is 7.42. The van der Waals surface area contributed by atoms with E-state index in [1.165, 1.54) is 0 Å². The molecular weight excluding hydrogens is 290 g/mol. The van der Waals surface area contributed by atoms with Crippen molar-refractivity contribution in [3.05, 3.63) is 29.8 Å². The van der Waals surface area contributed by atoms with Crippen molar-refractivity contribution >= 4 is 9.84 Å². The van der Waals surface area contributed by atoms with Gasteiger partial charge in [-0.2, -0.15) is 5.26 Å². The van der Waals surface area contributed by atoms with E-state index in [4.69, 9.17) is 14.7 Å². The van der Waals surface area contributed by atoms with Gasteiger partial charge in [-0.05, 0) is 43.5 Å².